The Morgan fingerprint density at radius 2 is 1.88 bits per heavy atom. The first kappa shape index (κ1) is 17.3. The fourth-order valence-electron chi connectivity index (χ4n) is 7.62. The number of hydrogen-bond donors (Lipinski definition) is 1. The molecular formula is C22H32FNO. The lowest BCUT2D eigenvalue weighted by Gasteiger charge is -2.58. The topological polar surface area (TPSA) is 43.1 Å². The van der Waals surface area contributed by atoms with Crippen molar-refractivity contribution >= 4 is 5.78 Å². The van der Waals surface area contributed by atoms with Crippen molar-refractivity contribution in [2.45, 2.75) is 72.6 Å². The molecule has 3 saturated carbocycles. The third-order valence-electron chi connectivity index (χ3n) is 8.67. The van der Waals surface area contributed by atoms with Crippen molar-refractivity contribution in [3.05, 3.63) is 22.7 Å². The van der Waals surface area contributed by atoms with E-state index in [1.54, 1.807) is 6.92 Å². The lowest BCUT2D eigenvalue weighted by Crippen LogP contribution is -2.51. The monoisotopic (exact) mass is 345 g/mol. The Balaban J connectivity index is 1.76. The average Bonchev–Trinajstić information content (AvgIpc) is 2.83. The minimum absolute atomic E-state index is 0.0347. The van der Waals surface area contributed by atoms with Gasteiger partial charge < -0.3 is 5.73 Å². The predicted molar refractivity (Wildman–Crippen MR) is 98.2 cm³/mol. The molecule has 0 saturated heterocycles. The number of allylic oxidation sites excluding steroid dienone is 3. The first-order valence-electron chi connectivity index (χ1n) is 10.1. The molecule has 0 bridgehead atoms. The number of hydrogen-bond acceptors (Lipinski definition) is 2. The van der Waals surface area contributed by atoms with Gasteiger partial charge in [0.1, 0.15) is 0 Å². The van der Waals surface area contributed by atoms with Crippen molar-refractivity contribution in [1.29, 1.82) is 0 Å². The molecule has 2 nitrogen and oxygen atoms in total. The van der Waals surface area contributed by atoms with Crippen LogP contribution in [0.5, 0.6) is 0 Å². The van der Waals surface area contributed by atoms with Crippen molar-refractivity contribution in [2.75, 3.05) is 0 Å². The fourth-order valence-corrected chi connectivity index (χ4v) is 7.62. The Kier molecular flexibility index (Phi) is 3.76. The van der Waals surface area contributed by atoms with Crippen LogP contribution in [-0.4, -0.2) is 5.78 Å². The fraction of sp³-hybridized carbons (Fsp3) is 0.773. The molecule has 6 atom stereocenters. The Labute approximate surface area is 151 Å². The second-order valence-corrected chi connectivity index (χ2v) is 9.72. The summed E-state index contributed by atoms with van der Waals surface area (Å²) < 4.78 is 14.3. The van der Waals surface area contributed by atoms with E-state index in [1.165, 1.54) is 5.57 Å². The zero-order chi connectivity index (χ0) is 18.1. The number of ketones is 1. The van der Waals surface area contributed by atoms with Crippen LogP contribution in [-0.2, 0) is 4.79 Å². The Hall–Kier alpha value is -1.12. The maximum Gasteiger partial charge on any atom is 0.178 e. The van der Waals surface area contributed by atoms with E-state index in [9.17, 15) is 9.18 Å². The van der Waals surface area contributed by atoms with Crippen molar-refractivity contribution in [3.8, 4) is 0 Å². The van der Waals surface area contributed by atoms with E-state index in [4.69, 9.17) is 5.73 Å². The SMILES string of the molecule is CC(F)=C1C[C@H](C)[C@H]2[C@@H]3CCC4=C(N)C(=O)CC[C@]4(C)[C@H]3CC[C@]12C. The van der Waals surface area contributed by atoms with Crippen LogP contribution in [0.3, 0.4) is 0 Å². The third-order valence-corrected chi connectivity index (χ3v) is 8.67. The van der Waals surface area contributed by atoms with E-state index in [1.807, 2.05) is 0 Å². The smallest absolute Gasteiger partial charge is 0.178 e. The molecule has 3 fully saturated rings. The molecular weight excluding hydrogens is 313 g/mol. The predicted octanol–water partition coefficient (Wildman–Crippen LogP) is 5.29. The molecule has 4 rings (SSSR count). The summed E-state index contributed by atoms with van der Waals surface area (Å²) >= 11 is 0. The lowest BCUT2D eigenvalue weighted by atomic mass is 9.46. The molecule has 2 N–H and O–H groups in total. The van der Waals surface area contributed by atoms with Crippen molar-refractivity contribution in [2.24, 2.45) is 40.2 Å². The minimum Gasteiger partial charge on any atom is -0.396 e. The van der Waals surface area contributed by atoms with Gasteiger partial charge in [-0.3, -0.25) is 4.79 Å². The summed E-state index contributed by atoms with van der Waals surface area (Å²) in [4.78, 5) is 12.1. The van der Waals surface area contributed by atoms with Crippen molar-refractivity contribution < 1.29 is 9.18 Å². The van der Waals surface area contributed by atoms with Crippen LogP contribution < -0.4 is 5.73 Å². The van der Waals surface area contributed by atoms with Gasteiger partial charge in [-0.2, -0.15) is 0 Å². The van der Waals surface area contributed by atoms with Crippen LogP contribution in [0.15, 0.2) is 22.7 Å². The summed E-state index contributed by atoms with van der Waals surface area (Å²) in [6.45, 7) is 8.66. The van der Waals surface area contributed by atoms with E-state index in [0.717, 1.165) is 44.1 Å². The molecule has 0 unspecified atom stereocenters. The highest BCUT2D eigenvalue weighted by atomic mass is 19.1. The average molecular weight is 346 g/mol. The molecule has 25 heavy (non-hydrogen) atoms. The Bertz CT molecular complexity index is 688. The molecule has 0 heterocycles. The summed E-state index contributed by atoms with van der Waals surface area (Å²) in [6, 6.07) is 0. The van der Waals surface area contributed by atoms with Gasteiger partial charge in [-0.25, -0.2) is 4.39 Å². The van der Waals surface area contributed by atoms with Gasteiger partial charge in [0.2, 0.25) is 0 Å². The zero-order valence-corrected chi connectivity index (χ0v) is 16.1. The molecule has 138 valence electrons. The number of nitrogens with two attached hydrogens (primary N) is 1. The van der Waals surface area contributed by atoms with Gasteiger partial charge in [-0.1, -0.05) is 20.8 Å². The summed E-state index contributed by atoms with van der Waals surface area (Å²) in [5, 5.41) is 0. The highest BCUT2D eigenvalue weighted by molar-refractivity contribution is 5.96. The van der Waals surface area contributed by atoms with Crippen LogP contribution in [0.25, 0.3) is 0 Å². The Morgan fingerprint density at radius 1 is 1.16 bits per heavy atom. The first-order valence-corrected chi connectivity index (χ1v) is 10.1. The van der Waals surface area contributed by atoms with E-state index in [-0.39, 0.29) is 22.4 Å². The third kappa shape index (κ3) is 2.16. The molecule has 3 heteroatoms. The highest BCUT2D eigenvalue weighted by Crippen LogP contribution is 2.68. The van der Waals surface area contributed by atoms with Gasteiger partial charge >= 0.3 is 0 Å². The molecule has 0 aromatic carbocycles. The van der Waals surface area contributed by atoms with Gasteiger partial charge in [0.15, 0.2) is 5.78 Å². The van der Waals surface area contributed by atoms with Gasteiger partial charge in [0.25, 0.3) is 0 Å². The van der Waals surface area contributed by atoms with Crippen LogP contribution in [0.1, 0.15) is 72.6 Å². The van der Waals surface area contributed by atoms with E-state index in [0.29, 0.717) is 35.8 Å². The molecule has 0 aliphatic heterocycles. The van der Waals surface area contributed by atoms with Gasteiger partial charge in [-0.05, 0) is 91.1 Å². The van der Waals surface area contributed by atoms with Gasteiger partial charge in [0.05, 0.1) is 11.5 Å². The molecule has 0 aromatic heterocycles. The number of carbonyl (C=O) groups is 1. The summed E-state index contributed by atoms with van der Waals surface area (Å²) in [5.74, 6) is 2.58. The van der Waals surface area contributed by atoms with Gasteiger partial charge in [0, 0.05) is 6.42 Å². The zero-order valence-electron chi connectivity index (χ0n) is 16.1. The standard InChI is InChI=1S/C22H32FNO/c1-12-11-17(13(2)23)22(4)9-7-15-14(19(12)22)5-6-16-20(24)18(25)8-10-21(15,16)3/h12,14-15,19H,5-11,24H2,1-4H3/t12-,14+,15-,19-,21+,22+/m0/s1. The van der Waals surface area contributed by atoms with Crippen LogP contribution in [0, 0.1) is 34.5 Å². The van der Waals surface area contributed by atoms with Gasteiger partial charge in [-0.15, -0.1) is 0 Å². The highest BCUT2D eigenvalue weighted by Gasteiger charge is 2.60. The number of rotatable bonds is 0. The number of fused-ring (bicyclic) bond motifs is 5. The lowest BCUT2D eigenvalue weighted by molar-refractivity contribution is -0.118. The van der Waals surface area contributed by atoms with Crippen molar-refractivity contribution in [1.82, 2.24) is 0 Å². The van der Waals surface area contributed by atoms with E-state index >= 15 is 0 Å². The number of halogens is 1. The molecule has 4 aliphatic rings. The second kappa shape index (κ2) is 5.44. The summed E-state index contributed by atoms with van der Waals surface area (Å²) in [7, 11) is 0. The maximum atomic E-state index is 14.3. The maximum absolute atomic E-state index is 14.3. The van der Waals surface area contributed by atoms with Crippen molar-refractivity contribution in [3.63, 3.8) is 0 Å². The van der Waals surface area contributed by atoms with Crippen LogP contribution in [0.4, 0.5) is 4.39 Å². The first-order chi connectivity index (χ1) is 11.7. The Morgan fingerprint density at radius 3 is 2.56 bits per heavy atom. The molecule has 0 amide bonds. The minimum atomic E-state index is 0.0347. The largest absolute Gasteiger partial charge is 0.396 e. The second-order valence-electron chi connectivity index (χ2n) is 9.72. The normalized spacial score (nSPS) is 48.8. The molecule has 0 radical (unpaired) electrons. The number of carbonyl (C=O) groups excluding carboxylic acids is 1. The molecule has 0 spiro atoms. The van der Waals surface area contributed by atoms with E-state index in [2.05, 4.69) is 20.8 Å². The van der Waals surface area contributed by atoms with E-state index < -0.39 is 0 Å². The summed E-state index contributed by atoms with van der Waals surface area (Å²) in [6.07, 6.45) is 6.77. The molecule has 0 aromatic rings. The van der Waals surface area contributed by atoms with Crippen LogP contribution in [0.2, 0.25) is 0 Å². The quantitative estimate of drug-likeness (QED) is 0.648. The number of Topliss-reactive ketones (excluding diaryl/α,β-unsaturated/α-hetero) is 1. The molecule has 4 aliphatic carbocycles. The summed E-state index contributed by atoms with van der Waals surface area (Å²) in [5.41, 5.74) is 9.26. The van der Waals surface area contributed by atoms with Crippen LogP contribution >= 0.6 is 0 Å².